The van der Waals surface area contributed by atoms with Crippen molar-refractivity contribution in [3.05, 3.63) is 95.8 Å². The highest BCUT2D eigenvalue weighted by molar-refractivity contribution is 6.10. The van der Waals surface area contributed by atoms with Crippen molar-refractivity contribution in [2.24, 2.45) is 0 Å². The molecule has 0 aliphatic carbocycles. The number of halogens is 1. The number of carbonyl (C=O) groups is 1. The van der Waals surface area contributed by atoms with Crippen LogP contribution in [0.4, 0.5) is 4.39 Å². The topological polar surface area (TPSA) is 37.3 Å². The van der Waals surface area contributed by atoms with Gasteiger partial charge in [-0.2, -0.15) is 0 Å². The molecule has 0 spiro atoms. The van der Waals surface area contributed by atoms with Crippen LogP contribution in [0.2, 0.25) is 0 Å². The van der Waals surface area contributed by atoms with Crippen LogP contribution in [0, 0.1) is 5.82 Å². The van der Waals surface area contributed by atoms with Crippen LogP contribution in [0.3, 0.4) is 0 Å². The summed E-state index contributed by atoms with van der Waals surface area (Å²) in [6.45, 7) is 0. The number of allylic oxidation sites excluding steroid dienone is 1. The van der Waals surface area contributed by atoms with Crippen LogP contribution < -0.4 is 0 Å². The van der Waals surface area contributed by atoms with E-state index in [9.17, 15) is 14.3 Å². The van der Waals surface area contributed by atoms with Crippen LogP contribution in [-0.2, 0) is 0 Å². The Kier molecular flexibility index (Phi) is 4.52. The maximum Gasteiger partial charge on any atom is 0.186 e. The van der Waals surface area contributed by atoms with Crippen molar-refractivity contribution < 1.29 is 14.3 Å². The Morgan fingerprint density at radius 2 is 1.54 bits per heavy atom. The molecule has 0 fully saturated rings. The summed E-state index contributed by atoms with van der Waals surface area (Å²) in [4.78, 5) is 12.5. The van der Waals surface area contributed by atoms with Gasteiger partial charge in [0.15, 0.2) is 5.78 Å². The van der Waals surface area contributed by atoms with E-state index in [0.29, 0.717) is 5.56 Å². The largest absolute Gasteiger partial charge is 0.508 e. The van der Waals surface area contributed by atoms with Crippen molar-refractivity contribution >= 4 is 11.9 Å². The summed E-state index contributed by atoms with van der Waals surface area (Å²) in [5, 5.41) is 9.28. The number of phenols is 1. The second-order valence-corrected chi connectivity index (χ2v) is 5.34. The minimum Gasteiger partial charge on any atom is -0.508 e. The maximum absolute atomic E-state index is 13.1. The normalized spacial score (nSPS) is 10.9. The van der Waals surface area contributed by atoms with Gasteiger partial charge in [0.2, 0.25) is 0 Å². The minimum atomic E-state index is -0.310. The number of ketones is 1. The third-order valence-corrected chi connectivity index (χ3v) is 3.67. The predicted molar refractivity (Wildman–Crippen MR) is 93.3 cm³/mol. The standard InChI is InChI=1S/C21H15FO2/c22-17-10-8-16(9-11-17)19-3-1-2-4-20(19)21(24)14-7-15-5-12-18(23)13-6-15/h1-14,23H/b14-7+. The van der Waals surface area contributed by atoms with Gasteiger partial charge in [0.05, 0.1) is 0 Å². The second kappa shape index (κ2) is 6.92. The van der Waals surface area contributed by atoms with E-state index in [1.807, 2.05) is 12.1 Å². The average molecular weight is 318 g/mol. The van der Waals surface area contributed by atoms with Crippen LogP contribution >= 0.6 is 0 Å². The summed E-state index contributed by atoms with van der Waals surface area (Å²) in [6, 6.07) is 19.9. The molecule has 0 radical (unpaired) electrons. The molecule has 0 bridgehead atoms. The second-order valence-electron chi connectivity index (χ2n) is 5.34. The van der Waals surface area contributed by atoms with Crippen LogP contribution in [0.1, 0.15) is 15.9 Å². The van der Waals surface area contributed by atoms with Gasteiger partial charge in [-0.05, 0) is 47.0 Å². The first-order valence-corrected chi connectivity index (χ1v) is 7.50. The lowest BCUT2D eigenvalue weighted by molar-refractivity contribution is 0.104. The molecule has 118 valence electrons. The Balaban J connectivity index is 1.90. The van der Waals surface area contributed by atoms with Crippen LogP contribution in [0.25, 0.3) is 17.2 Å². The van der Waals surface area contributed by atoms with Crippen molar-refractivity contribution in [2.45, 2.75) is 0 Å². The van der Waals surface area contributed by atoms with Crippen molar-refractivity contribution in [1.82, 2.24) is 0 Å². The summed E-state index contributed by atoms with van der Waals surface area (Å²) in [5.41, 5.74) is 2.93. The number of hydrogen-bond acceptors (Lipinski definition) is 2. The van der Waals surface area contributed by atoms with E-state index in [-0.39, 0.29) is 17.3 Å². The fourth-order valence-electron chi connectivity index (χ4n) is 2.43. The number of carbonyl (C=O) groups excluding carboxylic acids is 1. The molecular weight excluding hydrogens is 303 g/mol. The van der Waals surface area contributed by atoms with E-state index >= 15 is 0 Å². The summed E-state index contributed by atoms with van der Waals surface area (Å²) in [7, 11) is 0. The highest BCUT2D eigenvalue weighted by atomic mass is 19.1. The molecule has 2 nitrogen and oxygen atoms in total. The molecule has 0 aliphatic rings. The lowest BCUT2D eigenvalue weighted by atomic mass is 9.96. The van der Waals surface area contributed by atoms with E-state index < -0.39 is 0 Å². The number of phenolic OH excluding ortho intramolecular Hbond substituents is 1. The molecule has 0 aliphatic heterocycles. The predicted octanol–water partition coefficient (Wildman–Crippen LogP) is 5.09. The van der Waals surface area contributed by atoms with Crippen molar-refractivity contribution in [2.75, 3.05) is 0 Å². The Bertz CT molecular complexity index is 878. The average Bonchev–Trinajstić information content (AvgIpc) is 2.62. The van der Waals surface area contributed by atoms with Gasteiger partial charge in [-0.1, -0.05) is 54.6 Å². The molecule has 0 aromatic heterocycles. The van der Waals surface area contributed by atoms with E-state index in [0.717, 1.165) is 16.7 Å². The van der Waals surface area contributed by atoms with Gasteiger partial charge in [-0.3, -0.25) is 4.79 Å². The van der Waals surface area contributed by atoms with E-state index in [2.05, 4.69) is 0 Å². The fourth-order valence-corrected chi connectivity index (χ4v) is 2.43. The van der Waals surface area contributed by atoms with Crippen molar-refractivity contribution in [3.63, 3.8) is 0 Å². The molecule has 3 aromatic rings. The molecule has 0 atom stereocenters. The zero-order chi connectivity index (χ0) is 16.9. The van der Waals surface area contributed by atoms with Crippen molar-refractivity contribution in [1.29, 1.82) is 0 Å². The summed E-state index contributed by atoms with van der Waals surface area (Å²) in [6.07, 6.45) is 3.19. The molecule has 1 N–H and O–H groups in total. The lowest BCUT2D eigenvalue weighted by Gasteiger charge is -2.07. The Morgan fingerprint density at radius 3 is 2.25 bits per heavy atom. The molecule has 0 heterocycles. The zero-order valence-corrected chi connectivity index (χ0v) is 12.8. The monoisotopic (exact) mass is 318 g/mol. The summed E-state index contributed by atoms with van der Waals surface area (Å²) >= 11 is 0. The molecule has 3 rings (SSSR count). The fraction of sp³-hybridized carbons (Fsp3) is 0. The molecule has 24 heavy (non-hydrogen) atoms. The molecule has 0 amide bonds. The van der Waals surface area contributed by atoms with Gasteiger partial charge in [0.25, 0.3) is 0 Å². The SMILES string of the molecule is O=C(/C=C/c1ccc(O)cc1)c1ccccc1-c1ccc(F)cc1. The van der Waals surface area contributed by atoms with E-state index in [1.165, 1.54) is 18.2 Å². The lowest BCUT2D eigenvalue weighted by Crippen LogP contribution is -1.97. The summed E-state index contributed by atoms with van der Waals surface area (Å²) in [5.74, 6) is -0.266. The first-order chi connectivity index (χ1) is 11.6. The van der Waals surface area contributed by atoms with Gasteiger partial charge in [-0.25, -0.2) is 4.39 Å². The van der Waals surface area contributed by atoms with Gasteiger partial charge < -0.3 is 5.11 Å². The quantitative estimate of drug-likeness (QED) is 0.537. The van der Waals surface area contributed by atoms with Crippen LogP contribution in [-0.4, -0.2) is 10.9 Å². The number of rotatable bonds is 4. The number of hydrogen-bond donors (Lipinski definition) is 1. The molecule has 0 unspecified atom stereocenters. The van der Waals surface area contributed by atoms with Gasteiger partial charge in [0.1, 0.15) is 11.6 Å². The first-order valence-electron chi connectivity index (χ1n) is 7.50. The van der Waals surface area contributed by atoms with Crippen LogP contribution in [0.15, 0.2) is 78.9 Å². The Morgan fingerprint density at radius 1 is 0.875 bits per heavy atom. The molecule has 0 saturated heterocycles. The van der Waals surface area contributed by atoms with Gasteiger partial charge in [-0.15, -0.1) is 0 Å². The van der Waals surface area contributed by atoms with Gasteiger partial charge >= 0.3 is 0 Å². The molecule has 3 heteroatoms. The molecular formula is C21H15FO2. The van der Waals surface area contributed by atoms with E-state index in [4.69, 9.17) is 0 Å². The Hall–Kier alpha value is -3.20. The minimum absolute atomic E-state index is 0.136. The van der Waals surface area contributed by atoms with Crippen LogP contribution in [0.5, 0.6) is 5.75 Å². The number of benzene rings is 3. The molecule has 0 saturated carbocycles. The van der Waals surface area contributed by atoms with E-state index in [1.54, 1.807) is 54.6 Å². The summed E-state index contributed by atoms with van der Waals surface area (Å²) < 4.78 is 13.1. The Labute approximate surface area is 139 Å². The zero-order valence-electron chi connectivity index (χ0n) is 12.8. The number of aromatic hydroxyl groups is 1. The first kappa shape index (κ1) is 15.7. The molecule has 3 aromatic carbocycles. The maximum atomic E-state index is 13.1. The third-order valence-electron chi connectivity index (χ3n) is 3.67. The van der Waals surface area contributed by atoms with Crippen molar-refractivity contribution in [3.8, 4) is 16.9 Å². The van der Waals surface area contributed by atoms with Gasteiger partial charge in [0, 0.05) is 5.56 Å². The highest BCUT2D eigenvalue weighted by Gasteiger charge is 2.10. The smallest absolute Gasteiger partial charge is 0.186 e. The third kappa shape index (κ3) is 3.58. The highest BCUT2D eigenvalue weighted by Crippen LogP contribution is 2.25.